The van der Waals surface area contributed by atoms with Crippen LogP contribution in [0.15, 0.2) is 53.7 Å². The van der Waals surface area contributed by atoms with Crippen LogP contribution in [-0.2, 0) is 14.3 Å². The molecule has 1 heterocycles. The van der Waals surface area contributed by atoms with Crippen molar-refractivity contribution in [3.05, 3.63) is 74.9 Å². The summed E-state index contributed by atoms with van der Waals surface area (Å²) >= 11 is 12.0. The summed E-state index contributed by atoms with van der Waals surface area (Å²) in [6, 6.07) is 10.4. The fourth-order valence-electron chi connectivity index (χ4n) is 3.73. The van der Waals surface area contributed by atoms with Crippen LogP contribution in [0.1, 0.15) is 42.2 Å². The number of hydrogen-bond donors (Lipinski definition) is 2. The Morgan fingerprint density at radius 2 is 1.74 bits per heavy atom. The molecule has 1 aliphatic rings. The number of anilines is 1. The molecule has 0 aliphatic carbocycles. The Bertz CT molecular complexity index is 1110. The van der Waals surface area contributed by atoms with Gasteiger partial charge in [0.15, 0.2) is 0 Å². The lowest BCUT2D eigenvalue weighted by Crippen LogP contribution is -2.48. The first-order chi connectivity index (χ1) is 16.7. The molecule has 1 unspecified atom stereocenters. The molecule has 2 aromatic rings. The van der Waals surface area contributed by atoms with Crippen molar-refractivity contribution in [2.45, 2.75) is 26.3 Å². The molecule has 1 atom stereocenters. The molecule has 0 aromatic heterocycles. The van der Waals surface area contributed by atoms with Crippen molar-refractivity contribution in [2.24, 2.45) is 0 Å². The van der Waals surface area contributed by atoms with E-state index in [4.69, 9.17) is 32.7 Å². The van der Waals surface area contributed by atoms with E-state index in [1.54, 1.807) is 37.3 Å². The zero-order valence-corrected chi connectivity index (χ0v) is 21.2. The number of carbonyl (C=O) groups excluding carboxylic acids is 3. The van der Waals surface area contributed by atoms with Crippen LogP contribution in [-0.4, -0.2) is 49.7 Å². The number of benzene rings is 2. The second-order valence-electron chi connectivity index (χ2n) is 7.90. The largest absolute Gasteiger partial charge is 0.460 e. The number of nitrogens with zero attached hydrogens (tertiary/aromatic N) is 1. The zero-order chi connectivity index (χ0) is 25.5. The molecule has 2 N–H and O–H groups in total. The predicted molar refractivity (Wildman–Crippen MR) is 135 cm³/mol. The monoisotopic (exact) mass is 519 g/mol. The molecule has 0 saturated carbocycles. The summed E-state index contributed by atoms with van der Waals surface area (Å²) in [6.45, 7) is 4.52. The molecule has 35 heavy (non-hydrogen) atoms. The quantitative estimate of drug-likeness (QED) is 0.351. The van der Waals surface area contributed by atoms with Crippen LogP contribution in [0.25, 0.3) is 0 Å². The number of esters is 1. The van der Waals surface area contributed by atoms with Crippen molar-refractivity contribution in [3.63, 3.8) is 0 Å². The lowest BCUT2D eigenvalue weighted by atomic mass is 9.94. The van der Waals surface area contributed by atoms with Crippen molar-refractivity contribution in [1.82, 2.24) is 10.2 Å². The number of amides is 3. The van der Waals surface area contributed by atoms with Crippen molar-refractivity contribution >= 4 is 46.8 Å². The fourth-order valence-corrected chi connectivity index (χ4v) is 4.26. The molecule has 0 spiro atoms. The average Bonchev–Trinajstić information content (AvgIpc) is 2.81. The van der Waals surface area contributed by atoms with Gasteiger partial charge in [-0.2, -0.15) is 0 Å². The standard InChI is InChI=1S/C25H27Cl2N3O5/c1-4-9-30-15(2)21(24(32)35-11-10-34-3)22(29-25(30)33)16-5-7-20(8-6-16)28-23(31)17-12-18(26)14-19(27)13-17/h5-8,12-14,22H,4,9-11H2,1-3H3,(H,28,31)(H,29,33). The summed E-state index contributed by atoms with van der Waals surface area (Å²) in [6.07, 6.45) is 0.730. The molecule has 3 rings (SSSR count). The molecule has 2 aromatic carbocycles. The van der Waals surface area contributed by atoms with E-state index >= 15 is 0 Å². The molecule has 0 fully saturated rings. The topological polar surface area (TPSA) is 97.0 Å². The summed E-state index contributed by atoms with van der Waals surface area (Å²) in [4.78, 5) is 39.8. The number of hydrogen-bond acceptors (Lipinski definition) is 5. The molecule has 8 nitrogen and oxygen atoms in total. The van der Waals surface area contributed by atoms with Crippen molar-refractivity contribution < 1.29 is 23.9 Å². The van der Waals surface area contributed by atoms with Gasteiger partial charge in [-0.1, -0.05) is 42.3 Å². The maximum atomic E-state index is 13.0. The second kappa shape index (κ2) is 12.1. The maximum absolute atomic E-state index is 13.0. The van der Waals surface area contributed by atoms with E-state index < -0.39 is 12.0 Å². The van der Waals surface area contributed by atoms with Crippen LogP contribution >= 0.6 is 23.2 Å². The highest BCUT2D eigenvalue weighted by Crippen LogP contribution is 2.32. The Balaban J connectivity index is 1.85. The number of allylic oxidation sites excluding steroid dienone is 1. The van der Waals surface area contributed by atoms with E-state index in [1.807, 2.05) is 6.92 Å². The van der Waals surface area contributed by atoms with Gasteiger partial charge in [-0.25, -0.2) is 9.59 Å². The van der Waals surface area contributed by atoms with Gasteiger partial charge in [0, 0.05) is 40.6 Å². The molecule has 10 heteroatoms. The van der Waals surface area contributed by atoms with E-state index in [1.165, 1.54) is 24.1 Å². The smallest absolute Gasteiger partial charge is 0.338 e. The normalized spacial score (nSPS) is 15.6. The van der Waals surface area contributed by atoms with E-state index in [0.717, 1.165) is 6.42 Å². The summed E-state index contributed by atoms with van der Waals surface area (Å²) in [5, 5.41) is 6.39. The van der Waals surface area contributed by atoms with Gasteiger partial charge in [0.25, 0.3) is 5.91 Å². The Labute approximate surface area is 214 Å². The summed E-state index contributed by atoms with van der Waals surface area (Å²) < 4.78 is 10.3. The van der Waals surface area contributed by atoms with Crippen molar-refractivity contribution in [1.29, 1.82) is 0 Å². The zero-order valence-electron chi connectivity index (χ0n) is 19.7. The van der Waals surface area contributed by atoms with Gasteiger partial charge in [0.05, 0.1) is 18.2 Å². The van der Waals surface area contributed by atoms with Gasteiger partial charge in [-0.05, 0) is 49.2 Å². The Morgan fingerprint density at radius 3 is 2.34 bits per heavy atom. The molecule has 186 valence electrons. The summed E-state index contributed by atoms with van der Waals surface area (Å²) in [5.74, 6) is -0.901. The lowest BCUT2D eigenvalue weighted by Gasteiger charge is -2.35. The molecular weight excluding hydrogens is 493 g/mol. The predicted octanol–water partition coefficient (Wildman–Crippen LogP) is 5.19. The van der Waals surface area contributed by atoms with Gasteiger partial charge in [-0.15, -0.1) is 0 Å². The maximum Gasteiger partial charge on any atom is 0.338 e. The first-order valence-corrected chi connectivity index (χ1v) is 11.8. The van der Waals surface area contributed by atoms with E-state index in [9.17, 15) is 14.4 Å². The van der Waals surface area contributed by atoms with Crippen LogP contribution in [0, 0.1) is 0 Å². The van der Waals surface area contributed by atoms with Gasteiger partial charge in [0.1, 0.15) is 6.61 Å². The number of halogens is 2. The highest BCUT2D eigenvalue weighted by Gasteiger charge is 2.36. The average molecular weight is 520 g/mol. The van der Waals surface area contributed by atoms with Crippen LogP contribution in [0.5, 0.6) is 0 Å². The van der Waals surface area contributed by atoms with Crippen LogP contribution < -0.4 is 10.6 Å². The van der Waals surface area contributed by atoms with Gasteiger partial charge in [-0.3, -0.25) is 9.69 Å². The highest BCUT2D eigenvalue weighted by molar-refractivity contribution is 6.35. The molecule has 3 amide bonds. The first-order valence-electron chi connectivity index (χ1n) is 11.1. The number of ether oxygens (including phenoxy) is 2. The minimum Gasteiger partial charge on any atom is -0.460 e. The Kier molecular flexibility index (Phi) is 9.14. The third-order valence-corrected chi connectivity index (χ3v) is 5.85. The number of methoxy groups -OCH3 is 1. The van der Waals surface area contributed by atoms with Gasteiger partial charge in [0.2, 0.25) is 0 Å². The third-order valence-electron chi connectivity index (χ3n) is 5.41. The van der Waals surface area contributed by atoms with Crippen molar-refractivity contribution in [3.8, 4) is 0 Å². The number of nitrogens with one attached hydrogen (secondary N) is 2. The third kappa shape index (κ3) is 6.54. The number of urea groups is 1. The summed E-state index contributed by atoms with van der Waals surface area (Å²) in [5.41, 5.74) is 2.39. The molecule has 0 radical (unpaired) electrons. The van der Waals surface area contributed by atoms with Gasteiger partial charge >= 0.3 is 12.0 Å². The second-order valence-corrected chi connectivity index (χ2v) is 8.77. The minimum absolute atomic E-state index is 0.0963. The highest BCUT2D eigenvalue weighted by atomic mass is 35.5. The molecular formula is C25H27Cl2N3O5. The number of carbonyl (C=O) groups is 3. The van der Waals surface area contributed by atoms with E-state index in [-0.39, 0.29) is 25.2 Å². The lowest BCUT2D eigenvalue weighted by molar-refractivity contribution is -0.140. The molecule has 1 aliphatic heterocycles. The Hall–Kier alpha value is -3.07. The number of rotatable bonds is 9. The van der Waals surface area contributed by atoms with E-state index in [2.05, 4.69) is 10.6 Å². The fraction of sp³-hybridized carbons (Fsp3) is 0.320. The van der Waals surface area contributed by atoms with Crippen molar-refractivity contribution in [2.75, 3.05) is 32.2 Å². The van der Waals surface area contributed by atoms with Gasteiger partial charge < -0.3 is 20.1 Å². The summed E-state index contributed by atoms with van der Waals surface area (Å²) in [7, 11) is 1.52. The van der Waals surface area contributed by atoms with Crippen LogP contribution in [0.4, 0.5) is 10.5 Å². The minimum atomic E-state index is -0.706. The first kappa shape index (κ1) is 26.5. The van der Waals surface area contributed by atoms with E-state index in [0.29, 0.717) is 44.7 Å². The molecule has 0 bridgehead atoms. The Morgan fingerprint density at radius 1 is 1.09 bits per heavy atom. The SMILES string of the molecule is CCCN1C(=O)NC(c2ccc(NC(=O)c3cc(Cl)cc(Cl)c3)cc2)C(C(=O)OCCOC)=C1C. The molecule has 0 saturated heterocycles. The van der Waals surface area contributed by atoms with Crippen LogP contribution in [0.2, 0.25) is 10.0 Å². The van der Waals surface area contributed by atoms with Crippen LogP contribution in [0.3, 0.4) is 0 Å².